The number of aliphatic hydroxyl groups is 1. The summed E-state index contributed by atoms with van der Waals surface area (Å²) in [4.78, 5) is 0. The Morgan fingerprint density at radius 3 is 2.06 bits per heavy atom. The minimum atomic E-state index is -0.0477. The molecule has 0 spiro atoms. The highest BCUT2D eigenvalue weighted by Gasteiger charge is 2.33. The van der Waals surface area contributed by atoms with E-state index in [4.69, 9.17) is 0 Å². The molecule has 0 amide bonds. The largest absolute Gasteiger partial charge is 0.393 e. The lowest BCUT2D eigenvalue weighted by molar-refractivity contribution is 0.00267. The molecule has 0 aromatic heterocycles. The summed E-state index contributed by atoms with van der Waals surface area (Å²) in [6.07, 6.45) is 16.9. The van der Waals surface area contributed by atoms with Crippen molar-refractivity contribution in [2.45, 2.75) is 103 Å². The zero-order valence-corrected chi connectivity index (χ0v) is 12.7. The van der Waals surface area contributed by atoms with Crippen LogP contribution in [0.5, 0.6) is 0 Å². The summed E-state index contributed by atoms with van der Waals surface area (Å²) >= 11 is 0. The van der Waals surface area contributed by atoms with Crippen LogP contribution in [-0.2, 0) is 0 Å². The van der Waals surface area contributed by atoms with E-state index < -0.39 is 0 Å². The number of aliphatic hydroxyl groups excluding tert-OH is 1. The van der Waals surface area contributed by atoms with Gasteiger partial charge in [-0.3, -0.25) is 0 Å². The second-order valence-electron chi connectivity index (χ2n) is 6.64. The first-order valence-electron chi connectivity index (χ1n) is 8.37. The number of unbranched alkanes of at least 4 members (excludes halogenated alkanes) is 6. The van der Waals surface area contributed by atoms with Crippen molar-refractivity contribution in [2.75, 3.05) is 0 Å². The Labute approximate surface area is 114 Å². The van der Waals surface area contributed by atoms with Crippen LogP contribution >= 0.6 is 0 Å². The number of rotatable bonds is 9. The molecule has 1 nitrogen and oxygen atoms in total. The summed E-state index contributed by atoms with van der Waals surface area (Å²) in [5, 5.41) is 10.4. The SMILES string of the molecule is CCCCCCCCCC(O)C1(C)CCCCC1. The Balaban J connectivity index is 2.03. The van der Waals surface area contributed by atoms with Crippen LogP contribution in [0.25, 0.3) is 0 Å². The molecule has 1 unspecified atom stereocenters. The van der Waals surface area contributed by atoms with Crippen LogP contribution in [0.2, 0.25) is 0 Å². The van der Waals surface area contributed by atoms with E-state index in [2.05, 4.69) is 13.8 Å². The Morgan fingerprint density at radius 2 is 1.44 bits per heavy atom. The molecule has 1 aliphatic carbocycles. The zero-order valence-electron chi connectivity index (χ0n) is 12.7. The number of hydrogen-bond donors (Lipinski definition) is 1. The Hall–Kier alpha value is -0.0400. The van der Waals surface area contributed by atoms with Crippen molar-refractivity contribution < 1.29 is 5.11 Å². The van der Waals surface area contributed by atoms with Crippen LogP contribution in [0.15, 0.2) is 0 Å². The van der Waals surface area contributed by atoms with Crippen molar-refractivity contribution in [1.82, 2.24) is 0 Å². The lowest BCUT2D eigenvalue weighted by Crippen LogP contribution is -2.34. The van der Waals surface area contributed by atoms with Gasteiger partial charge in [0.25, 0.3) is 0 Å². The van der Waals surface area contributed by atoms with E-state index >= 15 is 0 Å². The predicted molar refractivity (Wildman–Crippen MR) is 79.8 cm³/mol. The van der Waals surface area contributed by atoms with Crippen molar-refractivity contribution in [1.29, 1.82) is 0 Å². The van der Waals surface area contributed by atoms with E-state index in [1.165, 1.54) is 77.0 Å². The number of hydrogen-bond acceptors (Lipinski definition) is 1. The highest BCUT2D eigenvalue weighted by Crippen LogP contribution is 2.40. The summed E-state index contributed by atoms with van der Waals surface area (Å²) in [7, 11) is 0. The molecule has 1 heteroatoms. The molecule has 1 rings (SSSR count). The molecule has 1 N–H and O–H groups in total. The fourth-order valence-corrected chi connectivity index (χ4v) is 3.34. The molecular weight excluding hydrogens is 220 g/mol. The van der Waals surface area contributed by atoms with Crippen molar-refractivity contribution >= 4 is 0 Å². The third-order valence-corrected chi connectivity index (χ3v) is 4.88. The molecular formula is C17H34O. The van der Waals surface area contributed by atoms with E-state index in [-0.39, 0.29) is 11.5 Å². The molecule has 0 aromatic carbocycles. The maximum absolute atomic E-state index is 10.4. The van der Waals surface area contributed by atoms with Gasteiger partial charge >= 0.3 is 0 Å². The Morgan fingerprint density at radius 1 is 0.889 bits per heavy atom. The van der Waals surface area contributed by atoms with Gasteiger partial charge in [0.05, 0.1) is 6.10 Å². The molecule has 0 aliphatic heterocycles. The fourth-order valence-electron chi connectivity index (χ4n) is 3.34. The van der Waals surface area contributed by atoms with Crippen molar-refractivity contribution in [2.24, 2.45) is 5.41 Å². The van der Waals surface area contributed by atoms with Crippen molar-refractivity contribution in [3.8, 4) is 0 Å². The van der Waals surface area contributed by atoms with Crippen LogP contribution in [0.3, 0.4) is 0 Å². The van der Waals surface area contributed by atoms with Gasteiger partial charge in [-0.05, 0) is 24.7 Å². The molecule has 18 heavy (non-hydrogen) atoms. The van der Waals surface area contributed by atoms with Gasteiger partial charge in [-0.1, -0.05) is 78.1 Å². The van der Waals surface area contributed by atoms with Crippen LogP contribution in [0, 0.1) is 5.41 Å². The lowest BCUT2D eigenvalue weighted by Gasteiger charge is -2.38. The first-order valence-corrected chi connectivity index (χ1v) is 8.37. The highest BCUT2D eigenvalue weighted by molar-refractivity contribution is 4.85. The molecule has 0 saturated heterocycles. The minimum absolute atomic E-state index is 0.0477. The van der Waals surface area contributed by atoms with Gasteiger partial charge in [0.1, 0.15) is 0 Å². The Kier molecular flexibility index (Phi) is 7.97. The molecule has 0 heterocycles. The van der Waals surface area contributed by atoms with Gasteiger partial charge in [-0.25, -0.2) is 0 Å². The maximum Gasteiger partial charge on any atom is 0.0593 e. The standard InChI is InChI=1S/C17H34O/c1-3-4-5-6-7-8-10-13-16(18)17(2)14-11-9-12-15-17/h16,18H,3-15H2,1-2H3. The maximum atomic E-state index is 10.4. The van der Waals surface area contributed by atoms with Crippen LogP contribution in [0.1, 0.15) is 97.3 Å². The van der Waals surface area contributed by atoms with E-state index in [0.29, 0.717) is 0 Å². The topological polar surface area (TPSA) is 20.2 Å². The first kappa shape index (κ1) is 16.0. The van der Waals surface area contributed by atoms with Crippen molar-refractivity contribution in [3.63, 3.8) is 0 Å². The van der Waals surface area contributed by atoms with Crippen molar-refractivity contribution in [3.05, 3.63) is 0 Å². The Bertz CT molecular complexity index is 194. The average molecular weight is 254 g/mol. The predicted octanol–water partition coefficient (Wildman–Crippen LogP) is 5.46. The third-order valence-electron chi connectivity index (χ3n) is 4.88. The smallest absolute Gasteiger partial charge is 0.0593 e. The fraction of sp³-hybridized carbons (Fsp3) is 1.00. The third kappa shape index (κ3) is 5.73. The van der Waals surface area contributed by atoms with Gasteiger partial charge in [-0.15, -0.1) is 0 Å². The van der Waals surface area contributed by atoms with Crippen LogP contribution in [-0.4, -0.2) is 11.2 Å². The summed E-state index contributed by atoms with van der Waals surface area (Å²) in [6.45, 7) is 4.57. The molecule has 1 saturated carbocycles. The van der Waals surface area contributed by atoms with E-state index in [0.717, 1.165) is 6.42 Å². The molecule has 1 atom stereocenters. The van der Waals surface area contributed by atoms with E-state index in [9.17, 15) is 5.11 Å². The van der Waals surface area contributed by atoms with Gasteiger partial charge in [0, 0.05) is 0 Å². The summed E-state index contributed by atoms with van der Waals surface area (Å²) in [5.74, 6) is 0. The molecule has 0 bridgehead atoms. The monoisotopic (exact) mass is 254 g/mol. The average Bonchev–Trinajstić information content (AvgIpc) is 2.38. The lowest BCUT2D eigenvalue weighted by atomic mass is 9.70. The molecule has 1 fully saturated rings. The minimum Gasteiger partial charge on any atom is -0.393 e. The molecule has 1 aliphatic rings. The van der Waals surface area contributed by atoms with Crippen LogP contribution in [0.4, 0.5) is 0 Å². The second-order valence-corrected chi connectivity index (χ2v) is 6.64. The summed E-state index contributed by atoms with van der Waals surface area (Å²) in [5.41, 5.74) is 0.237. The molecule has 0 radical (unpaired) electrons. The van der Waals surface area contributed by atoms with E-state index in [1.807, 2.05) is 0 Å². The van der Waals surface area contributed by atoms with Crippen LogP contribution < -0.4 is 0 Å². The first-order chi connectivity index (χ1) is 8.69. The van der Waals surface area contributed by atoms with Gasteiger partial charge in [0.15, 0.2) is 0 Å². The summed E-state index contributed by atoms with van der Waals surface area (Å²) < 4.78 is 0. The molecule has 108 valence electrons. The van der Waals surface area contributed by atoms with Gasteiger partial charge in [-0.2, -0.15) is 0 Å². The van der Waals surface area contributed by atoms with E-state index in [1.54, 1.807) is 0 Å². The zero-order chi connectivity index (χ0) is 13.3. The highest BCUT2D eigenvalue weighted by atomic mass is 16.3. The van der Waals surface area contributed by atoms with Gasteiger partial charge < -0.3 is 5.11 Å². The quantitative estimate of drug-likeness (QED) is 0.542. The summed E-state index contributed by atoms with van der Waals surface area (Å²) in [6, 6.07) is 0. The second kappa shape index (κ2) is 8.96. The molecule has 0 aromatic rings. The normalized spacial score (nSPS) is 20.8. The van der Waals surface area contributed by atoms with Gasteiger partial charge in [0.2, 0.25) is 0 Å².